The summed E-state index contributed by atoms with van der Waals surface area (Å²) in [5.41, 5.74) is 2.62. The Morgan fingerprint density at radius 2 is 2.00 bits per heavy atom. The van der Waals surface area contributed by atoms with Crippen molar-refractivity contribution in [3.8, 4) is 5.75 Å². The lowest BCUT2D eigenvalue weighted by Crippen LogP contribution is -2.55. The van der Waals surface area contributed by atoms with Crippen LogP contribution in [0.3, 0.4) is 0 Å². The number of benzene rings is 1. The molecule has 0 aliphatic heterocycles. The van der Waals surface area contributed by atoms with Crippen molar-refractivity contribution in [2.45, 2.75) is 45.7 Å². The molecule has 1 aromatic rings. The van der Waals surface area contributed by atoms with Gasteiger partial charge in [-0.1, -0.05) is 6.92 Å². The quantitative estimate of drug-likeness (QED) is 0.703. The number of carbonyl (C=O) groups excluding carboxylic acids is 1. The molecule has 1 saturated carbocycles. The first-order chi connectivity index (χ1) is 11.8. The summed E-state index contributed by atoms with van der Waals surface area (Å²) < 4.78 is 5.32. The molecule has 7 nitrogen and oxygen atoms in total. The van der Waals surface area contributed by atoms with Gasteiger partial charge in [0, 0.05) is 23.3 Å². The van der Waals surface area contributed by atoms with Crippen molar-refractivity contribution in [3.63, 3.8) is 0 Å². The maximum absolute atomic E-state index is 12.2. The summed E-state index contributed by atoms with van der Waals surface area (Å²) in [4.78, 5) is 25.0. The molecule has 1 fully saturated rings. The number of urea groups is 1. The van der Waals surface area contributed by atoms with E-state index in [1.807, 2.05) is 37.8 Å². The molecular formula is C18H27N3O4. The molecule has 0 radical (unpaired) electrons. The van der Waals surface area contributed by atoms with Gasteiger partial charge < -0.3 is 20.5 Å². The van der Waals surface area contributed by atoms with Crippen LogP contribution in [-0.2, 0) is 4.79 Å². The normalized spacial score (nSPS) is 19.2. The number of anilines is 1. The number of aryl methyl sites for hydroxylation is 1. The van der Waals surface area contributed by atoms with Crippen LogP contribution in [0.2, 0.25) is 0 Å². The van der Waals surface area contributed by atoms with Crippen molar-refractivity contribution >= 4 is 17.7 Å². The predicted molar refractivity (Wildman–Crippen MR) is 96.3 cm³/mol. The summed E-state index contributed by atoms with van der Waals surface area (Å²) in [6, 6.07) is 3.87. The smallest absolute Gasteiger partial charge is 0.319 e. The Bertz CT molecular complexity index is 641. The van der Waals surface area contributed by atoms with Crippen LogP contribution in [0.5, 0.6) is 5.75 Å². The number of ether oxygens (including phenoxy) is 1. The van der Waals surface area contributed by atoms with E-state index < -0.39 is 5.97 Å². The first-order valence-electron chi connectivity index (χ1n) is 8.52. The zero-order valence-corrected chi connectivity index (χ0v) is 15.3. The number of carboxylic acids is 1. The van der Waals surface area contributed by atoms with E-state index in [1.165, 1.54) is 0 Å². The first kappa shape index (κ1) is 19.1. The fraction of sp³-hybridized carbons (Fsp3) is 0.556. The topological polar surface area (TPSA) is 90.9 Å². The number of amides is 2. The Hall–Kier alpha value is -2.28. The number of methoxy groups -OCH3 is 1. The highest BCUT2D eigenvalue weighted by Gasteiger charge is 2.34. The standard InChI is InChI=1S/C18H27N3O4/c1-5-21(10-17(22)23)14-8-13(9-14)19-18(24)20-15-6-11(2)7-16(25-4)12(15)3/h6-7,13-14H,5,8-10H2,1-4H3,(H,22,23)(H2,19,20,24). The molecule has 0 spiro atoms. The SMILES string of the molecule is CCN(CC(=O)O)C1CC(NC(=O)Nc2cc(C)cc(OC)c2C)C1. The van der Waals surface area contributed by atoms with E-state index in [0.29, 0.717) is 6.54 Å². The van der Waals surface area contributed by atoms with Crippen LogP contribution in [0.1, 0.15) is 30.9 Å². The number of nitrogens with one attached hydrogen (secondary N) is 2. The van der Waals surface area contributed by atoms with E-state index in [1.54, 1.807) is 7.11 Å². The largest absolute Gasteiger partial charge is 0.496 e. The second-order valence-electron chi connectivity index (χ2n) is 6.52. The fourth-order valence-electron chi connectivity index (χ4n) is 3.19. The van der Waals surface area contributed by atoms with Crippen molar-refractivity contribution in [2.75, 3.05) is 25.5 Å². The number of aliphatic carboxylic acids is 1. The highest BCUT2D eigenvalue weighted by Crippen LogP contribution is 2.28. The van der Waals surface area contributed by atoms with Gasteiger partial charge in [-0.05, 0) is 50.9 Å². The first-order valence-corrected chi connectivity index (χ1v) is 8.52. The molecular weight excluding hydrogens is 322 g/mol. The van der Waals surface area contributed by atoms with Gasteiger partial charge in [-0.2, -0.15) is 0 Å². The summed E-state index contributed by atoms with van der Waals surface area (Å²) in [7, 11) is 1.61. The Kier molecular flexibility index (Phi) is 6.25. The third kappa shape index (κ3) is 4.85. The molecule has 2 rings (SSSR count). The number of hydrogen-bond donors (Lipinski definition) is 3. The molecule has 2 amide bonds. The summed E-state index contributed by atoms with van der Waals surface area (Å²) in [6.07, 6.45) is 1.54. The Morgan fingerprint density at radius 1 is 1.32 bits per heavy atom. The van der Waals surface area contributed by atoms with E-state index in [4.69, 9.17) is 9.84 Å². The van der Waals surface area contributed by atoms with Gasteiger partial charge >= 0.3 is 12.0 Å². The number of hydrogen-bond acceptors (Lipinski definition) is 4. The molecule has 1 aliphatic carbocycles. The second kappa shape index (κ2) is 8.20. The van der Waals surface area contributed by atoms with Crippen LogP contribution in [0.15, 0.2) is 12.1 Å². The summed E-state index contributed by atoms with van der Waals surface area (Å²) in [5, 5.41) is 14.7. The van der Waals surface area contributed by atoms with Gasteiger partial charge in [0.1, 0.15) is 5.75 Å². The number of likely N-dealkylation sites (N-methyl/N-ethyl adjacent to an activating group) is 1. The van der Waals surface area contributed by atoms with Gasteiger partial charge in [-0.3, -0.25) is 9.69 Å². The highest BCUT2D eigenvalue weighted by atomic mass is 16.5. The van der Waals surface area contributed by atoms with Gasteiger partial charge in [0.05, 0.1) is 13.7 Å². The number of carbonyl (C=O) groups is 2. The van der Waals surface area contributed by atoms with Crippen LogP contribution in [-0.4, -0.2) is 54.3 Å². The lowest BCUT2D eigenvalue weighted by molar-refractivity contribution is -0.139. The van der Waals surface area contributed by atoms with E-state index >= 15 is 0 Å². The molecule has 0 aromatic heterocycles. The van der Waals surface area contributed by atoms with Crippen LogP contribution < -0.4 is 15.4 Å². The predicted octanol–water partition coefficient (Wildman–Crippen LogP) is 2.37. The molecule has 7 heteroatoms. The summed E-state index contributed by atoms with van der Waals surface area (Å²) in [6.45, 7) is 6.53. The number of nitrogens with zero attached hydrogens (tertiary/aromatic N) is 1. The molecule has 138 valence electrons. The lowest BCUT2D eigenvalue weighted by atomic mass is 9.85. The molecule has 3 N–H and O–H groups in total. The minimum absolute atomic E-state index is 0.0440. The minimum Gasteiger partial charge on any atom is -0.496 e. The molecule has 25 heavy (non-hydrogen) atoms. The molecule has 0 unspecified atom stereocenters. The van der Waals surface area contributed by atoms with Crippen molar-refractivity contribution in [1.82, 2.24) is 10.2 Å². The third-order valence-corrected chi connectivity index (χ3v) is 4.68. The molecule has 0 heterocycles. The number of carboxylic acid groups (broad SMARTS) is 1. The fourth-order valence-corrected chi connectivity index (χ4v) is 3.19. The third-order valence-electron chi connectivity index (χ3n) is 4.68. The maximum Gasteiger partial charge on any atom is 0.319 e. The summed E-state index contributed by atoms with van der Waals surface area (Å²) >= 11 is 0. The van der Waals surface area contributed by atoms with Gasteiger partial charge in [0.2, 0.25) is 0 Å². The molecule has 0 saturated heterocycles. The number of rotatable bonds is 7. The zero-order valence-electron chi connectivity index (χ0n) is 15.3. The lowest BCUT2D eigenvalue weighted by Gasteiger charge is -2.42. The van der Waals surface area contributed by atoms with E-state index in [-0.39, 0.29) is 24.7 Å². The van der Waals surface area contributed by atoms with Crippen LogP contribution in [0.25, 0.3) is 0 Å². The van der Waals surface area contributed by atoms with Crippen molar-refractivity contribution in [2.24, 2.45) is 0 Å². The maximum atomic E-state index is 12.2. The molecule has 1 aromatic carbocycles. The van der Waals surface area contributed by atoms with Gasteiger partial charge in [-0.15, -0.1) is 0 Å². The Balaban J connectivity index is 1.87. The van der Waals surface area contributed by atoms with Crippen molar-refractivity contribution < 1.29 is 19.4 Å². The van der Waals surface area contributed by atoms with Crippen LogP contribution in [0.4, 0.5) is 10.5 Å². The monoisotopic (exact) mass is 349 g/mol. The molecule has 0 bridgehead atoms. The van der Waals surface area contributed by atoms with E-state index in [0.717, 1.165) is 35.4 Å². The molecule has 0 atom stereocenters. The Morgan fingerprint density at radius 3 is 2.56 bits per heavy atom. The van der Waals surface area contributed by atoms with Crippen molar-refractivity contribution in [1.29, 1.82) is 0 Å². The van der Waals surface area contributed by atoms with Crippen LogP contribution in [0, 0.1) is 13.8 Å². The Labute approximate surface area is 148 Å². The second-order valence-corrected chi connectivity index (χ2v) is 6.52. The van der Waals surface area contributed by atoms with E-state index in [9.17, 15) is 9.59 Å². The zero-order chi connectivity index (χ0) is 18.6. The van der Waals surface area contributed by atoms with Crippen LogP contribution >= 0.6 is 0 Å². The van der Waals surface area contributed by atoms with Gasteiger partial charge in [-0.25, -0.2) is 4.79 Å². The summed E-state index contributed by atoms with van der Waals surface area (Å²) in [5.74, 6) is -0.0776. The average molecular weight is 349 g/mol. The average Bonchev–Trinajstić information content (AvgIpc) is 2.51. The minimum atomic E-state index is -0.820. The molecule has 1 aliphatic rings. The van der Waals surface area contributed by atoms with E-state index in [2.05, 4.69) is 10.6 Å². The van der Waals surface area contributed by atoms with Crippen molar-refractivity contribution in [3.05, 3.63) is 23.3 Å². The van der Waals surface area contributed by atoms with Gasteiger partial charge in [0.15, 0.2) is 0 Å². The van der Waals surface area contributed by atoms with Gasteiger partial charge in [0.25, 0.3) is 0 Å². The highest BCUT2D eigenvalue weighted by molar-refractivity contribution is 5.91.